The molecule has 5 bridgehead atoms. The second kappa shape index (κ2) is 24.1. The number of piperidine rings is 1. The lowest BCUT2D eigenvalue weighted by Crippen LogP contribution is -2.53. The minimum absolute atomic E-state index is 0.0101. The number of allylic oxidation sites excluding steroid dienone is 2. The van der Waals surface area contributed by atoms with Crippen molar-refractivity contribution in [3.05, 3.63) is 86.7 Å². The highest BCUT2D eigenvalue weighted by atomic mass is 19.1. The van der Waals surface area contributed by atoms with Crippen molar-refractivity contribution in [2.75, 3.05) is 63.7 Å². The number of hydrogen-bond donors (Lipinski definition) is 7. The molecular formula is C61H75FN6O16. The number of anilines is 2. The Kier molecular flexibility index (Phi) is 17.5. The van der Waals surface area contributed by atoms with Crippen LogP contribution in [0.1, 0.15) is 112 Å². The smallest absolute Gasteiger partial charge is 0.341 e. The molecule has 2 saturated heterocycles. The van der Waals surface area contributed by atoms with Gasteiger partial charge in [-0.2, -0.15) is 5.10 Å². The van der Waals surface area contributed by atoms with E-state index in [1.165, 1.54) is 72.7 Å². The van der Waals surface area contributed by atoms with Crippen LogP contribution in [-0.2, 0) is 23.8 Å². The van der Waals surface area contributed by atoms with Crippen molar-refractivity contribution < 1.29 is 77.9 Å². The molecule has 1 amide bonds. The molecule has 0 unspecified atom stereocenters. The predicted octanol–water partition coefficient (Wildman–Crippen LogP) is 6.87. The number of methoxy groups -OCH3 is 2. The Hall–Kier alpha value is -7.73. The number of aliphatic hydroxyl groups is 2. The predicted molar refractivity (Wildman–Crippen MR) is 310 cm³/mol. The Morgan fingerprint density at radius 2 is 1.55 bits per heavy atom. The number of aromatic nitrogens is 1. The number of carbonyl (C=O) groups excluding carboxylic acids is 3. The number of amides is 1. The van der Waals surface area contributed by atoms with Gasteiger partial charge in [-0.1, -0.05) is 45.9 Å². The first-order chi connectivity index (χ1) is 39.8. The van der Waals surface area contributed by atoms with Crippen LogP contribution in [0.2, 0.25) is 0 Å². The molecule has 7 N–H and O–H groups in total. The number of nitrogens with one attached hydrogen (secondary N) is 1. The summed E-state index contributed by atoms with van der Waals surface area (Å²) >= 11 is 0. The fourth-order valence-electron chi connectivity index (χ4n) is 12.4. The molecular weight excluding hydrogens is 1090 g/mol. The quantitative estimate of drug-likeness (QED) is 0.0389. The molecule has 23 heteroatoms. The van der Waals surface area contributed by atoms with Crippen LogP contribution in [0.3, 0.4) is 0 Å². The fourth-order valence-corrected chi connectivity index (χ4v) is 12.4. The number of pyridine rings is 1. The van der Waals surface area contributed by atoms with Gasteiger partial charge in [0.2, 0.25) is 5.43 Å². The van der Waals surface area contributed by atoms with Crippen LogP contribution in [-0.4, -0.2) is 165 Å². The molecule has 0 radical (unpaired) electrons. The number of aliphatic hydroxyl groups excluding tert-OH is 2. The number of nitrogens with zero attached hydrogens (tertiary/aromatic N) is 5. The summed E-state index contributed by atoms with van der Waals surface area (Å²) in [5, 5.41) is 78.0. The van der Waals surface area contributed by atoms with Crippen molar-refractivity contribution >= 4 is 62.9 Å². The number of ketones is 1. The van der Waals surface area contributed by atoms with Crippen LogP contribution in [0.25, 0.3) is 21.7 Å². The molecule has 3 aromatic carbocycles. The van der Waals surface area contributed by atoms with Crippen LogP contribution in [0.4, 0.5) is 15.8 Å². The van der Waals surface area contributed by atoms with Crippen molar-refractivity contribution in [2.24, 2.45) is 28.8 Å². The average molecular weight is 1170 g/mol. The third-order valence-electron chi connectivity index (χ3n) is 17.5. The van der Waals surface area contributed by atoms with E-state index in [2.05, 4.69) is 10.2 Å². The number of aromatic carboxylic acids is 1. The van der Waals surface area contributed by atoms with E-state index in [1.54, 1.807) is 49.4 Å². The maximum Gasteiger partial charge on any atom is 0.341 e. The maximum atomic E-state index is 16.2. The molecule has 22 nitrogen and oxygen atoms in total. The van der Waals surface area contributed by atoms with E-state index in [1.807, 2.05) is 4.90 Å². The second-order valence-corrected chi connectivity index (χ2v) is 23.0. The van der Waals surface area contributed by atoms with Gasteiger partial charge in [-0.25, -0.2) is 9.18 Å². The summed E-state index contributed by atoms with van der Waals surface area (Å²) in [4.78, 5) is 70.9. The van der Waals surface area contributed by atoms with Crippen LogP contribution in [0, 0.1) is 36.4 Å². The van der Waals surface area contributed by atoms with Crippen LogP contribution in [0.15, 0.2) is 58.3 Å². The molecule has 0 spiro atoms. The third-order valence-corrected chi connectivity index (χ3v) is 17.5. The van der Waals surface area contributed by atoms with Gasteiger partial charge in [-0.3, -0.25) is 29.1 Å². The molecule has 84 heavy (non-hydrogen) atoms. The number of phenolic OH excluding ortho intramolecular Hbond substituents is 3. The number of carbonyl (C=O) groups is 4. The van der Waals surface area contributed by atoms with Crippen molar-refractivity contribution in [3.63, 3.8) is 0 Å². The lowest BCUT2D eigenvalue weighted by molar-refractivity contribution is -0.160. The SMILES string of the molecule is COc1c(N2CCN(C3CCN(/N=C/c4c5c(O)c6c(O)c(C)c7c(c6c4O)C(=O)[C@@](C)(O/C=C/[C@H](OC)[C@@H](C)[C@@H](OC(C)=O)[C@H](C)[C@H](O)[C@H](C)[C@@H](O)[C@H](C)/C=C/C=C(/C)C(=O)N5)O7)CC3)CC2)c(F)cc2c(=O)c(C(=O)O)cn(C3CC3)c12. The highest BCUT2D eigenvalue weighted by Gasteiger charge is 2.50. The third kappa shape index (κ3) is 11.2. The number of ether oxygens (including phenoxy) is 5. The zero-order chi connectivity index (χ0) is 61.0. The van der Waals surface area contributed by atoms with Crippen molar-refractivity contribution in [1.82, 2.24) is 14.5 Å². The fraction of sp³-hybridized carbons (Fsp3) is 0.508. The van der Waals surface area contributed by atoms with Gasteiger partial charge in [-0.05, 0) is 51.7 Å². The van der Waals surface area contributed by atoms with Gasteiger partial charge in [0.25, 0.3) is 11.7 Å². The summed E-state index contributed by atoms with van der Waals surface area (Å²) in [6.07, 6.45) is 8.73. The zero-order valence-corrected chi connectivity index (χ0v) is 48.8. The van der Waals surface area contributed by atoms with Gasteiger partial charge < -0.3 is 69.1 Å². The van der Waals surface area contributed by atoms with Gasteiger partial charge in [0.05, 0.1) is 71.0 Å². The van der Waals surface area contributed by atoms with E-state index in [0.717, 1.165) is 18.9 Å². The van der Waals surface area contributed by atoms with Crippen molar-refractivity contribution in [3.8, 4) is 28.7 Å². The standard InChI is InChI=1S/C61H75FN6O16/c1-29-12-11-13-30(2)59(77)64-46-39(27-63-67-19-16-36(17-20-67)65-21-23-66(24-22-65)48-41(62)26-38-47(57(48)81-10)68(37-14-15-37)28-40(52(38)73)60(78)79)53(74)43-44(54(46)75)51(72)34(6)56-45(43)58(76)61(8,84-56)82-25-18-42(80-9)31(3)55(83-35(7)69)33(5)50(71)32(4)49(29)70/h11-13,18,25-29,31-33,36-37,42,49-50,55,70-72,74-75H,14-17,19-24H2,1-10H3,(H,64,77)(H,78,79)/b12-11+,25-18+,30-13-,63-27+/t29-,31-,32-,33-,42+,49+,50-,55-,61+/m1/s1. The minimum atomic E-state index is -2.12. The van der Waals surface area contributed by atoms with Gasteiger partial charge in [0.15, 0.2) is 17.3 Å². The topological polar surface area (TPSA) is 292 Å². The van der Waals surface area contributed by atoms with Gasteiger partial charge in [0, 0.05) is 119 Å². The number of esters is 1. The number of benzene rings is 3. The summed E-state index contributed by atoms with van der Waals surface area (Å²) in [7, 11) is 2.83. The van der Waals surface area contributed by atoms with Crippen molar-refractivity contribution in [2.45, 2.75) is 123 Å². The average Bonchev–Trinajstić information content (AvgIpc) is 1.55. The van der Waals surface area contributed by atoms with E-state index >= 15 is 4.39 Å². The maximum absolute atomic E-state index is 16.2. The molecule has 4 aromatic rings. The monoisotopic (exact) mass is 1170 g/mol. The molecule has 6 aliphatic rings. The second-order valence-electron chi connectivity index (χ2n) is 23.0. The number of carboxylic acid groups (broad SMARTS) is 1. The van der Waals surface area contributed by atoms with Crippen LogP contribution in [0.5, 0.6) is 28.7 Å². The number of halogens is 1. The lowest BCUT2D eigenvalue weighted by atomic mass is 9.78. The largest absolute Gasteiger partial charge is 0.507 e. The van der Waals surface area contributed by atoms with E-state index in [4.69, 9.17) is 28.8 Å². The van der Waals surface area contributed by atoms with Gasteiger partial charge in [-0.15, -0.1) is 0 Å². The number of carboxylic acids is 1. The molecule has 5 aliphatic heterocycles. The molecule has 1 aromatic heterocycles. The van der Waals surface area contributed by atoms with Gasteiger partial charge in [0.1, 0.15) is 34.6 Å². The Morgan fingerprint density at radius 3 is 2.17 bits per heavy atom. The van der Waals surface area contributed by atoms with E-state index < -0.39 is 112 Å². The van der Waals surface area contributed by atoms with Crippen LogP contribution >= 0.6 is 0 Å². The number of Topliss-reactive ketones (excluding diaryl/α,β-unsaturated/α-hetero) is 1. The summed E-state index contributed by atoms with van der Waals surface area (Å²) in [5.74, 6) is -10.9. The molecule has 1 saturated carbocycles. The number of phenols is 3. The normalized spacial score (nSPS) is 28.3. The Morgan fingerprint density at radius 1 is 0.869 bits per heavy atom. The first-order valence-corrected chi connectivity index (χ1v) is 28.4. The molecule has 452 valence electrons. The molecule has 10 rings (SSSR count). The molecule has 3 fully saturated rings. The number of fused-ring (bicyclic) bond motifs is 15. The van der Waals surface area contributed by atoms with Crippen molar-refractivity contribution in [1.29, 1.82) is 0 Å². The highest BCUT2D eigenvalue weighted by Crippen LogP contribution is 2.55. The van der Waals surface area contributed by atoms with E-state index in [9.17, 15) is 54.6 Å². The summed E-state index contributed by atoms with van der Waals surface area (Å²) < 4.78 is 47.6. The molecule has 6 heterocycles. The molecule has 1 aliphatic carbocycles. The summed E-state index contributed by atoms with van der Waals surface area (Å²) in [6.45, 7) is 15.2. The first kappa shape index (κ1) is 60.8. The first-order valence-electron chi connectivity index (χ1n) is 28.4. The highest BCUT2D eigenvalue weighted by molar-refractivity contribution is 6.24. The number of hydrogen-bond acceptors (Lipinski definition) is 19. The number of aromatic hydroxyl groups is 3. The summed E-state index contributed by atoms with van der Waals surface area (Å²) in [6, 6.07) is 1.17. The zero-order valence-electron chi connectivity index (χ0n) is 48.8. The van der Waals surface area contributed by atoms with E-state index in [-0.39, 0.29) is 73.4 Å². The molecule has 9 atom stereocenters. The Bertz CT molecular complexity index is 3470. The Labute approximate surface area is 485 Å². The Balaban J connectivity index is 1.01. The van der Waals surface area contributed by atoms with Gasteiger partial charge >= 0.3 is 17.7 Å². The lowest BCUT2D eigenvalue weighted by Gasteiger charge is -2.43. The number of hydrazone groups is 1. The van der Waals surface area contributed by atoms with E-state index in [0.29, 0.717) is 57.6 Å². The summed E-state index contributed by atoms with van der Waals surface area (Å²) in [5.41, 5.74) is -1.28. The van der Waals surface area contributed by atoms with Crippen LogP contribution < -0.4 is 25.1 Å². The minimum Gasteiger partial charge on any atom is -0.507 e. The number of piperazine rings is 1. The number of rotatable bonds is 9.